The van der Waals surface area contributed by atoms with Gasteiger partial charge in [0.1, 0.15) is 5.69 Å². The summed E-state index contributed by atoms with van der Waals surface area (Å²) in [5, 5.41) is 9.60. The molecule has 0 aliphatic carbocycles. The summed E-state index contributed by atoms with van der Waals surface area (Å²) in [6.07, 6.45) is 8.59. The number of carbonyl (C=O) groups is 2. The number of benzene rings is 1. The molecule has 8 nitrogen and oxygen atoms in total. The molecule has 0 atom stereocenters. The van der Waals surface area contributed by atoms with E-state index in [9.17, 15) is 9.59 Å². The zero-order chi connectivity index (χ0) is 23.8. The summed E-state index contributed by atoms with van der Waals surface area (Å²) in [5.41, 5.74) is 4.07. The molecule has 1 N–H and O–H groups in total. The second-order valence-electron chi connectivity index (χ2n) is 7.31. The van der Waals surface area contributed by atoms with Crippen LogP contribution in [0.1, 0.15) is 23.7 Å². The highest BCUT2D eigenvalue weighted by Gasteiger charge is 2.12. The number of anilines is 1. The number of ether oxygens (including phenoxy) is 1. The molecular weight excluding hydrogens is 450 g/mol. The minimum Gasteiger partial charge on any atom is -0.466 e. The van der Waals surface area contributed by atoms with Crippen molar-refractivity contribution in [2.24, 2.45) is 0 Å². The topological polar surface area (TPSA) is 99.0 Å². The zero-order valence-electron chi connectivity index (χ0n) is 18.5. The van der Waals surface area contributed by atoms with Crippen LogP contribution in [0.5, 0.6) is 0 Å². The third kappa shape index (κ3) is 6.23. The first-order valence-electron chi connectivity index (χ1n) is 10.7. The number of amides is 1. The first-order valence-corrected chi connectivity index (χ1v) is 11.6. The standard InChI is InChI=1S/C25H23N5O3S/c1-2-33-23(32)13-21-17-34-25(27-21)28-22(31)11-10-20-16-30(15-18-7-4-3-5-8-18)29-24(20)19-9-6-12-26-14-19/h3-12,14,16-17H,2,13,15H2,1H3,(H,27,28,31)/b11-10+. The molecule has 4 aromatic rings. The van der Waals surface area contributed by atoms with Crippen LogP contribution in [0.3, 0.4) is 0 Å². The minimum absolute atomic E-state index is 0.0745. The van der Waals surface area contributed by atoms with Gasteiger partial charge < -0.3 is 4.74 Å². The summed E-state index contributed by atoms with van der Waals surface area (Å²) >= 11 is 1.26. The highest BCUT2D eigenvalue weighted by atomic mass is 32.1. The Morgan fingerprint density at radius 1 is 1.18 bits per heavy atom. The number of carbonyl (C=O) groups excluding carboxylic acids is 2. The normalized spacial score (nSPS) is 11.0. The van der Waals surface area contributed by atoms with E-state index in [4.69, 9.17) is 9.84 Å². The number of aromatic nitrogens is 4. The molecule has 172 valence electrons. The van der Waals surface area contributed by atoms with Crippen LogP contribution in [0.2, 0.25) is 0 Å². The lowest BCUT2D eigenvalue weighted by atomic mass is 10.1. The van der Waals surface area contributed by atoms with E-state index in [2.05, 4.69) is 15.3 Å². The second kappa shape index (κ2) is 11.2. The quantitative estimate of drug-likeness (QED) is 0.289. The summed E-state index contributed by atoms with van der Waals surface area (Å²) in [4.78, 5) is 32.6. The number of nitrogens with one attached hydrogen (secondary N) is 1. The minimum atomic E-state index is -0.346. The van der Waals surface area contributed by atoms with Gasteiger partial charge in [-0.05, 0) is 30.7 Å². The first kappa shape index (κ1) is 23.1. The van der Waals surface area contributed by atoms with Crippen LogP contribution in [-0.4, -0.2) is 38.2 Å². The van der Waals surface area contributed by atoms with Gasteiger partial charge in [-0.15, -0.1) is 11.3 Å². The Morgan fingerprint density at radius 2 is 2.03 bits per heavy atom. The Hall–Kier alpha value is -4.11. The number of hydrogen-bond acceptors (Lipinski definition) is 7. The van der Waals surface area contributed by atoms with Gasteiger partial charge in [0.25, 0.3) is 0 Å². The van der Waals surface area contributed by atoms with Gasteiger partial charge in [0.05, 0.1) is 25.3 Å². The van der Waals surface area contributed by atoms with Gasteiger partial charge in [0.2, 0.25) is 5.91 Å². The maximum absolute atomic E-state index is 12.5. The van der Waals surface area contributed by atoms with Crippen molar-refractivity contribution in [3.8, 4) is 11.3 Å². The Kier molecular flexibility index (Phi) is 7.56. The number of nitrogens with zero attached hydrogens (tertiary/aromatic N) is 4. The number of esters is 1. The van der Waals surface area contributed by atoms with Crippen molar-refractivity contribution in [1.29, 1.82) is 0 Å². The molecule has 0 unspecified atom stereocenters. The predicted octanol–water partition coefficient (Wildman–Crippen LogP) is 4.21. The lowest BCUT2D eigenvalue weighted by molar-refractivity contribution is -0.142. The fourth-order valence-corrected chi connectivity index (χ4v) is 3.97. The Balaban J connectivity index is 1.48. The lowest BCUT2D eigenvalue weighted by Gasteiger charge is -2.01. The molecule has 9 heteroatoms. The molecule has 1 aromatic carbocycles. The number of rotatable bonds is 9. The highest BCUT2D eigenvalue weighted by Crippen LogP contribution is 2.23. The van der Waals surface area contributed by atoms with Crippen LogP contribution in [-0.2, 0) is 27.3 Å². The molecule has 0 fully saturated rings. The third-order valence-corrected chi connectivity index (χ3v) is 5.55. The van der Waals surface area contributed by atoms with Crippen molar-refractivity contribution in [3.63, 3.8) is 0 Å². The summed E-state index contributed by atoms with van der Waals surface area (Å²) < 4.78 is 6.77. The summed E-state index contributed by atoms with van der Waals surface area (Å²) in [6, 6.07) is 13.8. The average molecular weight is 474 g/mol. The van der Waals surface area contributed by atoms with Crippen LogP contribution in [0.25, 0.3) is 17.3 Å². The molecule has 0 saturated heterocycles. The Morgan fingerprint density at radius 3 is 2.79 bits per heavy atom. The number of hydrogen-bond donors (Lipinski definition) is 1. The molecule has 0 spiro atoms. The van der Waals surface area contributed by atoms with E-state index in [1.54, 1.807) is 30.8 Å². The molecule has 3 aromatic heterocycles. The van der Waals surface area contributed by atoms with E-state index < -0.39 is 0 Å². The maximum atomic E-state index is 12.5. The highest BCUT2D eigenvalue weighted by molar-refractivity contribution is 7.14. The molecule has 0 aliphatic heterocycles. The summed E-state index contributed by atoms with van der Waals surface area (Å²) in [6.45, 7) is 2.68. The zero-order valence-corrected chi connectivity index (χ0v) is 19.4. The fourth-order valence-electron chi connectivity index (χ4n) is 3.26. The third-order valence-electron chi connectivity index (χ3n) is 4.74. The molecule has 0 radical (unpaired) electrons. The van der Waals surface area contributed by atoms with Crippen LogP contribution < -0.4 is 5.32 Å². The van der Waals surface area contributed by atoms with E-state index in [0.717, 1.165) is 22.4 Å². The number of pyridine rings is 1. The van der Waals surface area contributed by atoms with Crippen molar-refractivity contribution in [1.82, 2.24) is 19.7 Å². The van der Waals surface area contributed by atoms with Gasteiger partial charge in [0, 0.05) is 41.2 Å². The molecule has 34 heavy (non-hydrogen) atoms. The van der Waals surface area contributed by atoms with Crippen molar-refractivity contribution in [2.45, 2.75) is 19.9 Å². The van der Waals surface area contributed by atoms with Crippen LogP contribution in [0.4, 0.5) is 5.13 Å². The second-order valence-corrected chi connectivity index (χ2v) is 8.16. The predicted molar refractivity (Wildman–Crippen MR) is 131 cm³/mol. The molecule has 0 bridgehead atoms. The molecule has 3 heterocycles. The van der Waals surface area contributed by atoms with Crippen molar-refractivity contribution in [3.05, 3.63) is 89.3 Å². The van der Waals surface area contributed by atoms with Gasteiger partial charge in [-0.1, -0.05) is 30.3 Å². The Bertz CT molecular complexity index is 1280. The van der Waals surface area contributed by atoms with E-state index >= 15 is 0 Å². The van der Waals surface area contributed by atoms with Crippen molar-refractivity contribution < 1.29 is 14.3 Å². The van der Waals surface area contributed by atoms with E-state index in [1.165, 1.54) is 17.4 Å². The smallest absolute Gasteiger partial charge is 0.311 e. The fraction of sp³-hybridized carbons (Fsp3) is 0.160. The van der Waals surface area contributed by atoms with Gasteiger partial charge in [-0.3, -0.25) is 24.6 Å². The molecule has 0 saturated carbocycles. The van der Waals surface area contributed by atoms with Gasteiger partial charge in [-0.25, -0.2) is 4.98 Å². The van der Waals surface area contributed by atoms with Crippen LogP contribution >= 0.6 is 11.3 Å². The molecule has 1 amide bonds. The number of thiazole rings is 1. The summed E-state index contributed by atoms with van der Waals surface area (Å²) in [5.74, 6) is -0.675. The molecular formula is C25H23N5O3S. The SMILES string of the molecule is CCOC(=O)Cc1csc(NC(=O)/C=C/c2cn(Cc3ccccc3)nc2-c2cccnc2)n1. The molecule has 4 rings (SSSR count). The van der Waals surface area contributed by atoms with Gasteiger partial charge in [-0.2, -0.15) is 5.10 Å². The largest absolute Gasteiger partial charge is 0.466 e. The van der Waals surface area contributed by atoms with Crippen molar-refractivity contribution >= 4 is 34.4 Å². The van der Waals surface area contributed by atoms with E-state index in [0.29, 0.717) is 24.0 Å². The van der Waals surface area contributed by atoms with Crippen LogP contribution in [0.15, 0.2) is 72.5 Å². The van der Waals surface area contributed by atoms with Crippen LogP contribution in [0, 0.1) is 0 Å². The Labute approximate surface area is 201 Å². The summed E-state index contributed by atoms with van der Waals surface area (Å²) in [7, 11) is 0. The maximum Gasteiger partial charge on any atom is 0.311 e. The monoisotopic (exact) mass is 473 g/mol. The average Bonchev–Trinajstić information content (AvgIpc) is 3.45. The van der Waals surface area contributed by atoms with Crippen molar-refractivity contribution in [2.75, 3.05) is 11.9 Å². The van der Waals surface area contributed by atoms with E-state index in [-0.39, 0.29) is 18.3 Å². The van der Waals surface area contributed by atoms with Gasteiger partial charge >= 0.3 is 5.97 Å². The van der Waals surface area contributed by atoms with E-state index in [1.807, 2.05) is 53.3 Å². The lowest BCUT2D eigenvalue weighted by Crippen LogP contribution is -2.09. The van der Waals surface area contributed by atoms with Gasteiger partial charge in [0.15, 0.2) is 5.13 Å². The molecule has 0 aliphatic rings. The first-order chi connectivity index (χ1) is 16.6.